The molecule has 0 saturated heterocycles. The minimum Gasteiger partial charge on any atom is -0.478 e. The number of hydrogen-bond acceptors (Lipinski definition) is 7. The molecule has 6 N–H and O–H groups in total. The summed E-state index contributed by atoms with van der Waals surface area (Å²) in [6.45, 7) is 3.79. The van der Waals surface area contributed by atoms with Crippen molar-refractivity contribution in [3.05, 3.63) is 106 Å². The second-order valence-corrected chi connectivity index (χ2v) is 9.81. The lowest BCUT2D eigenvalue weighted by atomic mass is 10.00. The first kappa shape index (κ1) is 28.5. The van der Waals surface area contributed by atoms with E-state index in [-0.39, 0.29) is 40.2 Å². The van der Waals surface area contributed by atoms with E-state index in [0.717, 1.165) is 28.6 Å². The first-order chi connectivity index (χ1) is 20.5. The lowest BCUT2D eigenvalue weighted by Gasteiger charge is -2.16. The van der Waals surface area contributed by atoms with Crippen molar-refractivity contribution in [3.63, 3.8) is 0 Å². The number of carbonyl (C=O) groups excluding carboxylic acids is 1. The van der Waals surface area contributed by atoms with Gasteiger partial charge in [-0.1, -0.05) is 24.3 Å². The number of carbonyl (C=O) groups is 4. The van der Waals surface area contributed by atoms with Crippen LogP contribution in [0.2, 0.25) is 0 Å². The van der Waals surface area contributed by atoms with Crippen molar-refractivity contribution in [1.29, 1.82) is 0 Å². The van der Waals surface area contributed by atoms with Crippen molar-refractivity contribution in [3.8, 4) is 11.1 Å². The fourth-order valence-corrected chi connectivity index (χ4v) is 4.82. The molecule has 0 aliphatic rings. The predicted molar refractivity (Wildman–Crippen MR) is 157 cm³/mol. The molecule has 2 aromatic heterocycles. The van der Waals surface area contributed by atoms with Crippen molar-refractivity contribution in [2.45, 2.75) is 20.4 Å². The van der Waals surface area contributed by atoms with Crippen LogP contribution >= 0.6 is 0 Å². The summed E-state index contributed by atoms with van der Waals surface area (Å²) in [6.07, 6.45) is 1.37. The summed E-state index contributed by atoms with van der Waals surface area (Å²) in [4.78, 5) is 52.8. The van der Waals surface area contributed by atoms with Gasteiger partial charge in [-0.3, -0.25) is 14.9 Å². The zero-order valence-corrected chi connectivity index (χ0v) is 22.9. The molecule has 3 aromatic carbocycles. The Kier molecular flexibility index (Phi) is 7.58. The van der Waals surface area contributed by atoms with Crippen LogP contribution < -0.4 is 10.6 Å². The van der Waals surface area contributed by atoms with Gasteiger partial charge in [0.15, 0.2) is 0 Å². The highest BCUT2D eigenvalue weighted by Crippen LogP contribution is 2.34. The van der Waals surface area contributed by atoms with Gasteiger partial charge in [0, 0.05) is 35.1 Å². The Morgan fingerprint density at radius 2 is 1.53 bits per heavy atom. The van der Waals surface area contributed by atoms with Gasteiger partial charge in [-0.25, -0.2) is 14.4 Å². The number of fused-ring (bicyclic) bond motifs is 1. The summed E-state index contributed by atoms with van der Waals surface area (Å²) >= 11 is 0. The Bertz CT molecular complexity index is 1900. The largest absolute Gasteiger partial charge is 0.478 e. The van der Waals surface area contributed by atoms with Crippen LogP contribution in [0.4, 0.5) is 11.4 Å². The van der Waals surface area contributed by atoms with Crippen LogP contribution in [-0.4, -0.2) is 54.3 Å². The minimum atomic E-state index is -1.32. The van der Waals surface area contributed by atoms with Gasteiger partial charge in [-0.05, 0) is 61.4 Å². The summed E-state index contributed by atoms with van der Waals surface area (Å²) in [5.74, 6) is -4.27. The van der Waals surface area contributed by atoms with Gasteiger partial charge >= 0.3 is 17.9 Å². The summed E-state index contributed by atoms with van der Waals surface area (Å²) < 4.78 is 0. The van der Waals surface area contributed by atoms with Crippen molar-refractivity contribution in [2.75, 3.05) is 5.32 Å². The van der Waals surface area contributed by atoms with Gasteiger partial charge in [0.25, 0.3) is 5.91 Å². The van der Waals surface area contributed by atoms with E-state index in [2.05, 4.69) is 25.8 Å². The van der Waals surface area contributed by atoms with Crippen LogP contribution in [0.5, 0.6) is 0 Å². The number of H-pyrrole nitrogens is 1. The average molecular weight is 580 g/mol. The number of aromatic carboxylic acids is 3. The Hall–Kier alpha value is -6.04. The Labute approximate surface area is 244 Å². The average Bonchev–Trinajstić information content (AvgIpc) is 3.32. The summed E-state index contributed by atoms with van der Waals surface area (Å²) in [5, 5.41) is 41.9. The maximum atomic E-state index is 13.5. The number of nitrogens with zero attached hydrogens (tertiary/aromatic N) is 2. The standard InChI is InChI=1S/C31H25N5O7/c1-15-26(16(2)36-35-15)18-6-7-23-25(12-18)32-14-24(28(37)33-13-17-4-3-5-19(8-17)29(38)39)27(23)34-22-10-20(30(40)41)9-21(11-22)31(42)43/h3-12,14H,13H2,1-2H3,(H,32,34)(H,33,37)(H,35,36)(H,38,39)(H,40,41)(H,42,43). The molecule has 0 spiro atoms. The Morgan fingerprint density at radius 1 is 0.837 bits per heavy atom. The number of carboxylic acids is 3. The molecule has 216 valence electrons. The fourth-order valence-electron chi connectivity index (χ4n) is 4.82. The molecule has 0 bridgehead atoms. The van der Waals surface area contributed by atoms with Crippen molar-refractivity contribution < 1.29 is 34.5 Å². The van der Waals surface area contributed by atoms with Crippen molar-refractivity contribution in [1.82, 2.24) is 20.5 Å². The summed E-state index contributed by atoms with van der Waals surface area (Å²) in [6, 6.07) is 15.2. The van der Waals surface area contributed by atoms with E-state index in [0.29, 0.717) is 16.5 Å². The zero-order chi connectivity index (χ0) is 30.8. The number of pyridine rings is 1. The second-order valence-electron chi connectivity index (χ2n) is 9.81. The number of hydrogen-bond donors (Lipinski definition) is 6. The van der Waals surface area contributed by atoms with E-state index >= 15 is 0 Å². The molecular formula is C31H25N5O7. The van der Waals surface area contributed by atoms with Gasteiger partial charge in [-0.2, -0.15) is 5.10 Å². The zero-order valence-electron chi connectivity index (χ0n) is 22.9. The number of aromatic nitrogens is 3. The number of aromatic amines is 1. The monoisotopic (exact) mass is 579 g/mol. The van der Waals surface area contributed by atoms with Crippen LogP contribution in [0.1, 0.15) is 58.4 Å². The third kappa shape index (κ3) is 5.88. The summed E-state index contributed by atoms with van der Waals surface area (Å²) in [7, 11) is 0. The molecule has 43 heavy (non-hydrogen) atoms. The molecule has 5 rings (SSSR count). The molecule has 0 unspecified atom stereocenters. The number of amides is 1. The minimum absolute atomic E-state index is 0.0209. The number of rotatable bonds is 9. The lowest BCUT2D eigenvalue weighted by Crippen LogP contribution is -2.24. The van der Waals surface area contributed by atoms with Crippen LogP contribution in [0, 0.1) is 13.8 Å². The van der Waals surface area contributed by atoms with Gasteiger partial charge in [0.05, 0.1) is 39.2 Å². The van der Waals surface area contributed by atoms with Gasteiger partial charge in [0.1, 0.15) is 0 Å². The second kappa shape index (κ2) is 11.4. The van der Waals surface area contributed by atoms with Crippen molar-refractivity contribution in [2.24, 2.45) is 0 Å². The number of benzene rings is 3. The highest BCUT2D eigenvalue weighted by Gasteiger charge is 2.20. The maximum absolute atomic E-state index is 13.5. The van der Waals surface area contributed by atoms with E-state index in [1.54, 1.807) is 18.2 Å². The molecule has 0 radical (unpaired) electrons. The highest BCUT2D eigenvalue weighted by molar-refractivity contribution is 6.09. The van der Waals surface area contributed by atoms with Crippen molar-refractivity contribution >= 4 is 46.1 Å². The quantitative estimate of drug-likeness (QED) is 0.138. The molecule has 0 fully saturated rings. The van der Waals surface area contributed by atoms with Crippen LogP contribution in [0.25, 0.3) is 22.0 Å². The van der Waals surface area contributed by atoms with E-state index in [1.165, 1.54) is 30.5 Å². The third-order valence-corrected chi connectivity index (χ3v) is 6.85. The third-order valence-electron chi connectivity index (χ3n) is 6.85. The molecule has 12 heteroatoms. The molecule has 2 heterocycles. The normalized spacial score (nSPS) is 10.8. The molecule has 0 atom stereocenters. The fraction of sp³-hybridized carbons (Fsp3) is 0.0968. The first-order valence-corrected chi connectivity index (χ1v) is 13.0. The molecule has 0 saturated carbocycles. The highest BCUT2D eigenvalue weighted by atomic mass is 16.4. The van der Waals surface area contributed by atoms with Gasteiger partial charge < -0.3 is 26.0 Å². The molecular weight excluding hydrogens is 554 g/mol. The smallest absolute Gasteiger partial charge is 0.335 e. The Balaban J connectivity index is 1.59. The summed E-state index contributed by atoms with van der Waals surface area (Å²) in [5.41, 5.74) is 4.56. The van der Waals surface area contributed by atoms with Gasteiger partial charge in [-0.15, -0.1) is 0 Å². The van der Waals surface area contributed by atoms with E-state index in [9.17, 15) is 34.5 Å². The van der Waals surface area contributed by atoms with Crippen LogP contribution in [0.3, 0.4) is 0 Å². The topological polar surface area (TPSA) is 195 Å². The van der Waals surface area contributed by atoms with E-state index < -0.39 is 23.8 Å². The SMILES string of the molecule is Cc1n[nH]c(C)c1-c1ccc2c(Nc3cc(C(=O)O)cc(C(=O)O)c3)c(C(=O)NCc3cccc(C(=O)O)c3)cnc2c1. The number of aryl methyl sites for hydroxylation is 2. The molecule has 5 aromatic rings. The van der Waals surface area contributed by atoms with Crippen LogP contribution in [-0.2, 0) is 6.54 Å². The molecule has 0 aliphatic heterocycles. The number of nitrogens with one attached hydrogen (secondary N) is 3. The number of carboxylic acid groups (broad SMARTS) is 3. The van der Waals surface area contributed by atoms with E-state index in [4.69, 9.17) is 0 Å². The first-order valence-electron chi connectivity index (χ1n) is 13.0. The van der Waals surface area contributed by atoms with Gasteiger partial charge in [0.2, 0.25) is 0 Å². The molecule has 1 amide bonds. The van der Waals surface area contributed by atoms with E-state index in [1.807, 2.05) is 26.0 Å². The molecule has 0 aliphatic carbocycles. The van der Waals surface area contributed by atoms with Crippen LogP contribution in [0.15, 0.2) is 66.9 Å². The lowest BCUT2D eigenvalue weighted by molar-refractivity contribution is 0.0682. The number of anilines is 2. The maximum Gasteiger partial charge on any atom is 0.335 e. The molecule has 12 nitrogen and oxygen atoms in total. The predicted octanol–water partition coefficient (Wildman–Crippen LogP) is 5.01. The Morgan fingerprint density at radius 3 is 2.16 bits per heavy atom.